The molecule has 0 spiro atoms. The van der Waals surface area contributed by atoms with Gasteiger partial charge in [0.25, 0.3) is 0 Å². The molecule has 0 aliphatic rings. The van der Waals surface area contributed by atoms with Crippen LogP contribution in [0.4, 0.5) is 0 Å². The molecular weight excluding hydrogens is 160 g/mol. The molecule has 1 nitrogen and oxygen atoms in total. The van der Waals surface area contributed by atoms with Crippen molar-refractivity contribution in [2.24, 2.45) is 0 Å². The zero-order valence-electron chi connectivity index (χ0n) is 7.35. The summed E-state index contributed by atoms with van der Waals surface area (Å²) in [5, 5.41) is 9.36. The minimum Gasteiger partial charge on any atom is -0.393 e. The molecule has 0 amide bonds. The van der Waals surface area contributed by atoms with E-state index >= 15 is 0 Å². The molecule has 0 bridgehead atoms. The Morgan fingerprint density at radius 3 is 2.36 bits per heavy atom. The van der Waals surface area contributed by atoms with Crippen LogP contribution in [0.5, 0.6) is 0 Å². The van der Waals surface area contributed by atoms with Crippen molar-refractivity contribution in [2.45, 2.75) is 51.6 Å². The first-order chi connectivity index (χ1) is 5.31. The molecule has 0 unspecified atom stereocenters. The van der Waals surface area contributed by atoms with Gasteiger partial charge in [-0.2, -0.15) is 0 Å². The first kappa shape index (κ1) is 11.2. The van der Waals surface area contributed by atoms with Gasteiger partial charge in [0.1, 0.15) is 0 Å². The van der Waals surface area contributed by atoms with E-state index in [0.29, 0.717) is 0 Å². The van der Waals surface area contributed by atoms with Crippen LogP contribution in [-0.4, -0.2) is 17.1 Å². The fourth-order valence-corrected chi connectivity index (χ4v) is 1.25. The molecule has 0 radical (unpaired) electrons. The lowest BCUT2D eigenvalue weighted by atomic mass is 10.1. The van der Waals surface area contributed by atoms with Gasteiger partial charge in [0.2, 0.25) is 0 Å². The van der Waals surface area contributed by atoms with Crippen LogP contribution in [0.2, 0.25) is 0 Å². The van der Waals surface area contributed by atoms with Crippen LogP contribution in [0, 0.1) is 0 Å². The predicted octanol–water partition coefficient (Wildman–Crippen LogP) is 2.95. The normalized spacial score (nSPS) is 13.4. The summed E-state index contributed by atoms with van der Waals surface area (Å²) in [6, 6.07) is 0. The lowest BCUT2D eigenvalue weighted by Gasteiger charge is -2.07. The maximum atomic E-state index is 9.36. The molecule has 0 aliphatic carbocycles. The van der Waals surface area contributed by atoms with E-state index in [1.807, 2.05) is 0 Å². The molecule has 0 fully saturated rings. The van der Waals surface area contributed by atoms with E-state index in [0.717, 1.165) is 38.0 Å². The fourth-order valence-electron chi connectivity index (χ4n) is 1.06. The summed E-state index contributed by atoms with van der Waals surface area (Å²) in [7, 11) is 0. The van der Waals surface area contributed by atoms with Crippen LogP contribution in [0.3, 0.4) is 0 Å². The average molecular weight is 179 g/mol. The predicted molar refractivity (Wildman–Crippen MR) is 50.1 cm³/mol. The number of unbranched alkanes of at least 4 members (excludes halogenated alkanes) is 2. The zero-order valence-corrected chi connectivity index (χ0v) is 8.11. The summed E-state index contributed by atoms with van der Waals surface area (Å²) in [6.45, 7) is 2.14. The van der Waals surface area contributed by atoms with Crippen molar-refractivity contribution in [3.05, 3.63) is 0 Å². The van der Waals surface area contributed by atoms with Crippen LogP contribution < -0.4 is 0 Å². The van der Waals surface area contributed by atoms with Gasteiger partial charge < -0.3 is 5.11 Å². The number of aliphatic hydroxyl groups excluding tert-OH is 1. The van der Waals surface area contributed by atoms with Crippen LogP contribution >= 0.6 is 11.6 Å². The van der Waals surface area contributed by atoms with Crippen molar-refractivity contribution in [2.75, 3.05) is 5.88 Å². The van der Waals surface area contributed by atoms with E-state index < -0.39 is 0 Å². The van der Waals surface area contributed by atoms with Crippen LogP contribution in [-0.2, 0) is 0 Å². The molecule has 1 atom stereocenters. The van der Waals surface area contributed by atoms with Crippen molar-refractivity contribution in [1.29, 1.82) is 0 Å². The molecular formula is C9H19ClO. The maximum absolute atomic E-state index is 9.36. The van der Waals surface area contributed by atoms with E-state index in [1.54, 1.807) is 0 Å². The van der Waals surface area contributed by atoms with Gasteiger partial charge in [-0.05, 0) is 25.7 Å². The minimum atomic E-state index is -0.0850. The second-order valence-electron chi connectivity index (χ2n) is 2.98. The minimum absolute atomic E-state index is 0.0850. The molecule has 68 valence electrons. The molecule has 0 saturated heterocycles. The Morgan fingerprint density at radius 2 is 1.82 bits per heavy atom. The summed E-state index contributed by atoms with van der Waals surface area (Å²) in [6.07, 6.45) is 6.21. The standard InChI is InChI=1S/C9H19ClO/c1-2-3-6-9(11)7-4-5-8-10/h9,11H,2-8H2,1H3/t9-/m1/s1. The lowest BCUT2D eigenvalue weighted by Crippen LogP contribution is -2.05. The van der Waals surface area contributed by atoms with Gasteiger partial charge in [0, 0.05) is 5.88 Å². The molecule has 0 aromatic carbocycles. The third kappa shape index (κ3) is 8.15. The van der Waals surface area contributed by atoms with Gasteiger partial charge in [0.05, 0.1) is 6.10 Å². The third-order valence-electron chi connectivity index (χ3n) is 1.81. The summed E-state index contributed by atoms with van der Waals surface area (Å²) < 4.78 is 0. The quantitative estimate of drug-likeness (QED) is 0.470. The van der Waals surface area contributed by atoms with Gasteiger partial charge in [-0.25, -0.2) is 0 Å². The molecule has 0 aromatic heterocycles. The van der Waals surface area contributed by atoms with Gasteiger partial charge in [-0.1, -0.05) is 19.8 Å². The molecule has 0 aromatic rings. The topological polar surface area (TPSA) is 20.2 Å². The Bertz CT molecular complexity index is 76.0. The highest BCUT2D eigenvalue weighted by atomic mass is 35.5. The molecule has 2 heteroatoms. The number of halogens is 1. The summed E-state index contributed by atoms with van der Waals surface area (Å²) in [4.78, 5) is 0. The largest absolute Gasteiger partial charge is 0.393 e. The van der Waals surface area contributed by atoms with Crippen molar-refractivity contribution < 1.29 is 5.11 Å². The van der Waals surface area contributed by atoms with Crippen molar-refractivity contribution in [3.8, 4) is 0 Å². The maximum Gasteiger partial charge on any atom is 0.0540 e. The lowest BCUT2D eigenvalue weighted by molar-refractivity contribution is 0.149. The summed E-state index contributed by atoms with van der Waals surface area (Å²) in [5.41, 5.74) is 0. The SMILES string of the molecule is CCCC[C@@H](O)CCCCCl. The third-order valence-corrected chi connectivity index (χ3v) is 2.08. The fraction of sp³-hybridized carbons (Fsp3) is 1.00. The second kappa shape index (κ2) is 8.35. The highest BCUT2D eigenvalue weighted by Crippen LogP contribution is 2.08. The number of alkyl halides is 1. The monoisotopic (exact) mass is 178 g/mol. The van der Waals surface area contributed by atoms with E-state index in [-0.39, 0.29) is 6.10 Å². The van der Waals surface area contributed by atoms with Crippen LogP contribution in [0.25, 0.3) is 0 Å². The number of hydrogen-bond acceptors (Lipinski definition) is 1. The zero-order chi connectivity index (χ0) is 8.53. The Hall–Kier alpha value is 0.250. The van der Waals surface area contributed by atoms with E-state index in [2.05, 4.69) is 6.92 Å². The van der Waals surface area contributed by atoms with E-state index in [9.17, 15) is 5.11 Å². The molecule has 0 rings (SSSR count). The van der Waals surface area contributed by atoms with Gasteiger partial charge in [0.15, 0.2) is 0 Å². The highest BCUT2D eigenvalue weighted by Gasteiger charge is 2.01. The first-order valence-corrected chi connectivity index (χ1v) is 5.08. The number of aliphatic hydroxyl groups is 1. The van der Waals surface area contributed by atoms with E-state index in [4.69, 9.17) is 11.6 Å². The van der Waals surface area contributed by atoms with Crippen molar-refractivity contribution >= 4 is 11.6 Å². The summed E-state index contributed by atoms with van der Waals surface area (Å²) >= 11 is 5.51. The van der Waals surface area contributed by atoms with E-state index in [1.165, 1.54) is 6.42 Å². The molecule has 0 saturated carbocycles. The highest BCUT2D eigenvalue weighted by molar-refractivity contribution is 6.17. The number of rotatable bonds is 7. The van der Waals surface area contributed by atoms with Crippen LogP contribution in [0.15, 0.2) is 0 Å². The second-order valence-corrected chi connectivity index (χ2v) is 3.36. The Kier molecular flexibility index (Phi) is 8.54. The van der Waals surface area contributed by atoms with Crippen LogP contribution in [0.1, 0.15) is 45.4 Å². The molecule has 0 heterocycles. The molecule has 0 aliphatic heterocycles. The first-order valence-electron chi connectivity index (χ1n) is 4.55. The van der Waals surface area contributed by atoms with Gasteiger partial charge in [-0.3, -0.25) is 0 Å². The van der Waals surface area contributed by atoms with Crippen molar-refractivity contribution in [3.63, 3.8) is 0 Å². The Morgan fingerprint density at radius 1 is 1.18 bits per heavy atom. The van der Waals surface area contributed by atoms with Gasteiger partial charge >= 0.3 is 0 Å². The molecule has 11 heavy (non-hydrogen) atoms. The van der Waals surface area contributed by atoms with Gasteiger partial charge in [-0.15, -0.1) is 11.6 Å². The Balaban J connectivity index is 3.02. The van der Waals surface area contributed by atoms with Crippen molar-refractivity contribution in [1.82, 2.24) is 0 Å². The number of hydrogen-bond donors (Lipinski definition) is 1. The molecule has 1 N–H and O–H groups in total. The Labute approximate surface area is 74.8 Å². The summed E-state index contributed by atoms with van der Waals surface area (Å²) in [5.74, 6) is 0.723. The average Bonchev–Trinajstić information content (AvgIpc) is 2.01. The smallest absolute Gasteiger partial charge is 0.0540 e.